The molecule has 0 aliphatic carbocycles. The molecule has 122 valence electrons. The van der Waals surface area contributed by atoms with Crippen molar-refractivity contribution in [2.24, 2.45) is 10.3 Å². The summed E-state index contributed by atoms with van der Waals surface area (Å²) in [5, 5.41) is 9.32. The van der Waals surface area contributed by atoms with E-state index in [-0.39, 0.29) is 69.0 Å². The fourth-order valence-electron chi connectivity index (χ4n) is 1.73. The number of aromatic nitrogens is 2. The normalized spacial score (nSPS) is 11.2. The van der Waals surface area contributed by atoms with Gasteiger partial charge in [-0.15, -0.1) is 5.11 Å². The van der Waals surface area contributed by atoms with E-state index in [4.69, 9.17) is 0 Å². The summed E-state index contributed by atoms with van der Waals surface area (Å²) < 4.78 is 28.3. The van der Waals surface area contributed by atoms with Crippen LogP contribution in [0.3, 0.4) is 0 Å². The molecule has 0 aliphatic heterocycles. The number of rotatable bonds is 5. The van der Waals surface area contributed by atoms with E-state index >= 15 is 0 Å². The summed E-state index contributed by atoms with van der Waals surface area (Å²) in [4.78, 5) is 8.08. The van der Waals surface area contributed by atoms with E-state index in [1.165, 1.54) is 17.1 Å². The molecule has 0 spiro atoms. The van der Waals surface area contributed by atoms with Crippen LogP contribution < -0.4 is 58.2 Å². The zero-order valence-corrected chi connectivity index (χ0v) is 20.0. The minimum Gasteiger partial charge on any atom is -0.363 e. The Labute approximate surface area is 190 Å². The van der Waals surface area contributed by atoms with Crippen LogP contribution in [0.15, 0.2) is 45.6 Å². The average Bonchev–Trinajstić information content (AvgIpc) is 2.44. The molecule has 1 aromatic carbocycles. The van der Waals surface area contributed by atoms with Gasteiger partial charge in [0.15, 0.2) is 0 Å². The predicted molar refractivity (Wildman–Crippen MR) is 86.4 cm³/mol. The van der Waals surface area contributed by atoms with Crippen molar-refractivity contribution in [1.82, 2.24) is 15.0 Å². The zero-order valence-electron chi connectivity index (χ0n) is 14.3. The zero-order chi connectivity index (χ0) is 17.0. The molecule has 0 fully saturated rings. The van der Waals surface area contributed by atoms with Crippen LogP contribution in [0.2, 0.25) is 0 Å². The van der Waals surface area contributed by atoms with Crippen molar-refractivity contribution >= 4 is 21.7 Å². The van der Waals surface area contributed by atoms with Crippen LogP contribution in [0.5, 0.6) is 0 Å². The molecule has 0 atom stereocenters. The first-order valence-corrected chi connectivity index (χ1v) is 8.19. The predicted octanol–water partition coefficient (Wildman–Crippen LogP) is 0.0518. The molecular formula is C14H17N6O2RbS. The monoisotopic (exact) mass is 418 g/mol. The Bertz CT molecular complexity index is 801. The summed E-state index contributed by atoms with van der Waals surface area (Å²) >= 11 is 0. The Hall–Kier alpha value is -0.745. The van der Waals surface area contributed by atoms with Crippen LogP contribution in [0.1, 0.15) is 11.4 Å². The van der Waals surface area contributed by atoms with Gasteiger partial charge >= 0.3 is 58.2 Å². The quantitative estimate of drug-likeness (QED) is 0.504. The molecule has 8 nitrogen and oxygen atoms in total. The Morgan fingerprint density at radius 3 is 2.08 bits per heavy atom. The molecule has 0 amide bonds. The number of aryl methyl sites for hydroxylation is 2. The largest absolute Gasteiger partial charge is 1.00 e. The van der Waals surface area contributed by atoms with Gasteiger partial charge < -0.3 is 9.97 Å². The maximum absolute atomic E-state index is 12.3. The molecule has 1 heterocycles. The standard InChI is InChI=1S/C14H17N6O2S.Rb/c1-10-9-11(2)16-14(15-10)18-23(21,22)13-7-5-12(6-8-13)17-19-20(3)4;/h5-9H,1-4H3;/q-1;+1. The van der Waals surface area contributed by atoms with Crippen molar-refractivity contribution in [3.63, 3.8) is 0 Å². The van der Waals surface area contributed by atoms with Crippen molar-refractivity contribution < 1.29 is 66.6 Å². The van der Waals surface area contributed by atoms with Crippen LogP contribution in [-0.2, 0) is 10.0 Å². The first-order chi connectivity index (χ1) is 10.8. The molecular weight excluding hydrogens is 402 g/mol. The van der Waals surface area contributed by atoms with Crippen LogP contribution >= 0.6 is 0 Å². The summed E-state index contributed by atoms with van der Waals surface area (Å²) in [6.45, 7) is 3.51. The van der Waals surface area contributed by atoms with Gasteiger partial charge in [-0.2, -0.15) is 0 Å². The molecule has 0 saturated heterocycles. The van der Waals surface area contributed by atoms with E-state index in [0.29, 0.717) is 17.1 Å². The van der Waals surface area contributed by atoms with Crippen molar-refractivity contribution in [2.45, 2.75) is 18.7 Å². The third-order valence-electron chi connectivity index (χ3n) is 2.65. The molecule has 24 heavy (non-hydrogen) atoms. The third kappa shape index (κ3) is 6.28. The first kappa shape index (κ1) is 21.3. The first-order valence-electron chi connectivity index (χ1n) is 6.75. The van der Waals surface area contributed by atoms with E-state index in [0.717, 1.165) is 0 Å². The SMILES string of the molecule is Cc1cc(C)nc([N-]S(=O)(=O)c2ccc(N=NN(C)C)cc2)n1.[Rb+]. The van der Waals surface area contributed by atoms with Crippen LogP contribution in [0.25, 0.3) is 4.72 Å². The molecule has 0 bridgehead atoms. The minimum absolute atomic E-state index is 0. The van der Waals surface area contributed by atoms with Crippen molar-refractivity contribution in [3.8, 4) is 0 Å². The van der Waals surface area contributed by atoms with Gasteiger partial charge in [0.05, 0.1) is 10.6 Å². The Morgan fingerprint density at radius 2 is 1.58 bits per heavy atom. The molecule has 2 rings (SSSR count). The Balaban J connectivity index is 0.00000288. The topological polar surface area (TPSA) is 102 Å². The summed E-state index contributed by atoms with van der Waals surface area (Å²) in [7, 11) is -0.395. The van der Waals surface area contributed by atoms with E-state index in [1.54, 1.807) is 46.1 Å². The van der Waals surface area contributed by atoms with Gasteiger partial charge in [0, 0.05) is 20.0 Å². The van der Waals surface area contributed by atoms with Gasteiger partial charge in [-0.1, -0.05) is 11.3 Å². The molecule has 0 unspecified atom stereocenters. The molecule has 0 N–H and O–H groups in total. The van der Waals surface area contributed by atoms with E-state index < -0.39 is 10.0 Å². The molecule has 10 heteroatoms. The molecule has 1 aromatic heterocycles. The number of nitrogens with zero attached hydrogens (tertiary/aromatic N) is 6. The van der Waals surface area contributed by atoms with E-state index in [9.17, 15) is 8.42 Å². The fraction of sp³-hybridized carbons (Fsp3) is 0.286. The second kappa shape index (κ2) is 9.09. The van der Waals surface area contributed by atoms with Gasteiger partial charge in [-0.05, 0) is 49.5 Å². The van der Waals surface area contributed by atoms with Crippen molar-refractivity contribution in [3.05, 3.63) is 46.4 Å². The average molecular weight is 419 g/mol. The smallest absolute Gasteiger partial charge is 0.363 e. The number of sulfonamides is 1. The fourth-order valence-corrected chi connectivity index (χ4v) is 2.62. The maximum atomic E-state index is 12.3. The Morgan fingerprint density at radius 1 is 1.04 bits per heavy atom. The second-order valence-electron chi connectivity index (χ2n) is 5.05. The number of hydrogen-bond acceptors (Lipinski definition) is 6. The molecule has 2 aromatic rings. The van der Waals surface area contributed by atoms with Gasteiger partial charge in [0.25, 0.3) is 0 Å². The molecule has 0 aliphatic rings. The maximum Gasteiger partial charge on any atom is 1.00 e. The Kier molecular flexibility index (Phi) is 8.07. The minimum atomic E-state index is -3.88. The van der Waals surface area contributed by atoms with Gasteiger partial charge in [0.2, 0.25) is 10.0 Å². The summed E-state index contributed by atoms with van der Waals surface area (Å²) in [5.74, 6) is -0.0705. The van der Waals surface area contributed by atoms with Crippen molar-refractivity contribution in [1.29, 1.82) is 0 Å². The van der Waals surface area contributed by atoms with Gasteiger partial charge in [-0.3, -0.25) is 9.73 Å². The summed E-state index contributed by atoms with van der Waals surface area (Å²) in [5.41, 5.74) is 1.86. The van der Waals surface area contributed by atoms with Crippen molar-refractivity contribution in [2.75, 3.05) is 14.1 Å². The number of hydrogen-bond donors (Lipinski definition) is 0. The van der Waals surface area contributed by atoms with Gasteiger partial charge in [0.1, 0.15) is 0 Å². The van der Waals surface area contributed by atoms with Crippen LogP contribution in [0, 0.1) is 13.8 Å². The number of benzene rings is 1. The second-order valence-corrected chi connectivity index (χ2v) is 6.65. The van der Waals surface area contributed by atoms with Crippen LogP contribution in [-0.4, -0.2) is 37.5 Å². The van der Waals surface area contributed by atoms with Gasteiger partial charge in [-0.25, -0.2) is 8.42 Å². The van der Waals surface area contributed by atoms with Crippen LogP contribution in [0.4, 0.5) is 11.6 Å². The third-order valence-corrected chi connectivity index (χ3v) is 3.92. The van der Waals surface area contributed by atoms with E-state index in [1.807, 2.05) is 0 Å². The summed E-state index contributed by atoms with van der Waals surface area (Å²) in [6.07, 6.45) is 0. The molecule has 0 radical (unpaired) electrons. The van der Waals surface area contributed by atoms with E-state index in [2.05, 4.69) is 25.0 Å². The molecule has 0 saturated carbocycles. The summed E-state index contributed by atoms with van der Waals surface area (Å²) in [6, 6.07) is 7.70.